The molecule has 1 saturated carbocycles. The van der Waals surface area contributed by atoms with Crippen molar-refractivity contribution in [3.63, 3.8) is 0 Å². The molecule has 1 unspecified atom stereocenters. The zero-order valence-electron chi connectivity index (χ0n) is 15.0. The highest BCUT2D eigenvalue weighted by molar-refractivity contribution is 7.88. The molecule has 1 aliphatic rings. The summed E-state index contributed by atoms with van der Waals surface area (Å²) in [6, 6.07) is 6.63. The van der Waals surface area contributed by atoms with Crippen LogP contribution in [0.15, 0.2) is 30.3 Å². The van der Waals surface area contributed by atoms with E-state index >= 15 is 0 Å². The van der Waals surface area contributed by atoms with Crippen molar-refractivity contribution < 1.29 is 22.3 Å². The Morgan fingerprint density at radius 2 is 1.81 bits per heavy atom. The summed E-state index contributed by atoms with van der Waals surface area (Å²) in [5.74, 6) is -2.06. The molecule has 2 aromatic rings. The number of aliphatic hydroxyl groups is 1. The van der Waals surface area contributed by atoms with Gasteiger partial charge in [0.15, 0.2) is 0 Å². The zero-order valence-corrected chi connectivity index (χ0v) is 16.7. The van der Waals surface area contributed by atoms with Gasteiger partial charge >= 0.3 is 0 Å². The number of thiophene rings is 1. The van der Waals surface area contributed by atoms with E-state index in [9.17, 15) is 22.3 Å². The van der Waals surface area contributed by atoms with Gasteiger partial charge in [-0.15, -0.1) is 11.3 Å². The van der Waals surface area contributed by atoms with Crippen LogP contribution < -0.4 is 4.72 Å². The van der Waals surface area contributed by atoms with Crippen molar-refractivity contribution in [2.75, 3.05) is 6.54 Å². The van der Waals surface area contributed by atoms with E-state index in [0.717, 1.165) is 47.6 Å². The van der Waals surface area contributed by atoms with Gasteiger partial charge in [0.2, 0.25) is 10.0 Å². The van der Waals surface area contributed by atoms with Gasteiger partial charge in [0.1, 0.15) is 11.6 Å². The van der Waals surface area contributed by atoms with E-state index in [1.807, 2.05) is 12.1 Å². The lowest BCUT2D eigenvalue weighted by molar-refractivity contribution is 0.203. The van der Waals surface area contributed by atoms with Crippen LogP contribution >= 0.6 is 11.3 Å². The normalized spacial score (nSPS) is 17.9. The number of halogens is 2. The molecule has 8 heteroatoms. The van der Waals surface area contributed by atoms with Crippen molar-refractivity contribution in [1.29, 1.82) is 0 Å². The number of nitrogens with one attached hydrogen (secondary N) is 1. The van der Waals surface area contributed by atoms with Gasteiger partial charge in [0.05, 0.1) is 11.9 Å². The van der Waals surface area contributed by atoms with Gasteiger partial charge in [-0.1, -0.05) is 12.8 Å². The molecule has 0 spiro atoms. The maximum Gasteiger partial charge on any atom is 0.215 e. The first-order valence-corrected chi connectivity index (χ1v) is 11.4. The maximum atomic E-state index is 13.3. The predicted octanol–water partition coefficient (Wildman–Crippen LogP) is 4.01. The number of benzene rings is 1. The lowest BCUT2D eigenvalue weighted by atomic mass is 9.85. The quantitative estimate of drug-likeness (QED) is 0.718. The molecule has 1 heterocycles. The first kappa shape index (κ1) is 20.4. The van der Waals surface area contributed by atoms with Gasteiger partial charge in [-0.05, 0) is 49.6 Å². The van der Waals surface area contributed by atoms with Crippen molar-refractivity contribution >= 4 is 21.4 Å². The van der Waals surface area contributed by atoms with Crippen molar-refractivity contribution in [3.05, 3.63) is 57.3 Å². The summed E-state index contributed by atoms with van der Waals surface area (Å²) in [7, 11) is -3.74. The van der Waals surface area contributed by atoms with E-state index in [1.165, 1.54) is 11.3 Å². The van der Waals surface area contributed by atoms with Crippen molar-refractivity contribution in [1.82, 2.24) is 4.72 Å². The van der Waals surface area contributed by atoms with Gasteiger partial charge < -0.3 is 5.11 Å². The van der Waals surface area contributed by atoms with E-state index < -0.39 is 33.5 Å². The number of rotatable bonds is 7. The van der Waals surface area contributed by atoms with Gasteiger partial charge in [-0.2, -0.15) is 0 Å². The largest absolute Gasteiger partial charge is 0.388 e. The third kappa shape index (κ3) is 4.93. The first-order chi connectivity index (χ1) is 12.7. The van der Waals surface area contributed by atoms with Crippen LogP contribution in [-0.2, 0) is 21.2 Å². The molecular formula is C19H23F2NO3S2. The number of aliphatic hydroxyl groups excluding tert-OH is 1. The Morgan fingerprint density at radius 1 is 1.19 bits per heavy atom. The Morgan fingerprint density at radius 3 is 2.37 bits per heavy atom. The summed E-state index contributed by atoms with van der Waals surface area (Å²) in [5, 5.41) is 9.77. The molecule has 1 aromatic heterocycles. The summed E-state index contributed by atoms with van der Waals surface area (Å²) < 4.78 is 54.2. The molecule has 0 bridgehead atoms. The minimum Gasteiger partial charge on any atom is -0.388 e. The summed E-state index contributed by atoms with van der Waals surface area (Å²) in [6.07, 6.45) is 3.20. The van der Waals surface area contributed by atoms with Crippen LogP contribution in [-0.4, -0.2) is 20.1 Å². The summed E-state index contributed by atoms with van der Waals surface area (Å²) in [6.45, 7) is 1.95. The molecule has 27 heavy (non-hydrogen) atoms. The van der Waals surface area contributed by atoms with Crippen LogP contribution in [0.5, 0.6) is 0 Å². The lowest BCUT2D eigenvalue weighted by Crippen LogP contribution is -2.39. The van der Waals surface area contributed by atoms with Crippen LogP contribution in [0.3, 0.4) is 0 Å². The number of hydrogen-bond donors (Lipinski definition) is 2. The fraction of sp³-hybridized carbons (Fsp3) is 0.474. The van der Waals surface area contributed by atoms with Crippen molar-refractivity contribution in [3.8, 4) is 0 Å². The van der Waals surface area contributed by atoms with E-state index in [2.05, 4.69) is 4.72 Å². The van der Waals surface area contributed by atoms with Crippen LogP contribution in [0.4, 0.5) is 8.78 Å². The van der Waals surface area contributed by atoms with E-state index in [-0.39, 0.29) is 17.5 Å². The molecule has 1 fully saturated rings. The van der Waals surface area contributed by atoms with Gasteiger partial charge in [0.25, 0.3) is 0 Å². The molecule has 4 nitrogen and oxygen atoms in total. The minimum absolute atomic E-state index is 0.0768. The van der Waals surface area contributed by atoms with Gasteiger partial charge in [0, 0.05) is 27.8 Å². The first-order valence-electron chi connectivity index (χ1n) is 8.90. The highest BCUT2D eigenvalue weighted by atomic mass is 32.2. The number of sulfonamides is 1. The zero-order chi connectivity index (χ0) is 19.7. The SMILES string of the molecule is CC(O)c1ccc(C2(CNS(=O)(=O)Cc3cc(F)cc(F)c3)CCCC2)s1. The maximum absolute atomic E-state index is 13.3. The molecule has 1 aromatic carbocycles. The molecular weight excluding hydrogens is 392 g/mol. The Bertz CT molecular complexity index is 883. The molecule has 3 rings (SSSR count). The molecule has 0 saturated heterocycles. The Hall–Kier alpha value is -1.35. The molecule has 0 aliphatic heterocycles. The highest BCUT2D eigenvalue weighted by Crippen LogP contribution is 2.44. The Kier molecular flexibility index (Phi) is 6.00. The second kappa shape index (κ2) is 7.95. The predicted molar refractivity (Wildman–Crippen MR) is 102 cm³/mol. The van der Waals surface area contributed by atoms with Crippen LogP contribution in [0.1, 0.15) is 54.0 Å². The van der Waals surface area contributed by atoms with Crippen molar-refractivity contribution in [2.45, 2.75) is 49.9 Å². The van der Waals surface area contributed by atoms with E-state index in [4.69, 9.17) is 0 Å². The van der Waals surface area contributed by atoms with Crippen molar-refractivity contribution in [2.24, 2.45) is 0 Å². The van der Waals surface area contributed by atoms with E-state index in [1.54, 1.807) is 6.92 Å². The molecule has 1 atom stereocenters. The highest BCUT2D eigenvalue weighted by Gasteiger charge is 2.38. The molecule has 2 N–H and O–H groups in total. The summed E-state index contributed by atoms with van der Waals surface area (Å²) in [4.78, 5) is 1.92. The van der Waals surface area contributed by atoms with Crippen LogP contribution in [0.25, 0.3) is 0 Å². The Balaban J connectivity index is 1.75. The molecule has 0 amide bonds. The topological polar surface area (TPSA) is 66.4 Å². The smallest absolute Gasteiger partial charge is 0.215 e. The standard InChI is InChI=1S/C19H23F2NO3S2/c1-13(23)17-4-5-18(26-17)19(6-2-3-7-19)12-22-27(24,25)11-14-8-15(20)10-16(21)9-14/h4-5,8-10,13,22-23H,2-3,6-7,11-12H2,1H3. The third-order valence-corrected chi connectivity index (χ3v) is 7.83. The van der Waals surface area contributed by atoms with Gasteiger partial charge in [-0.3, -0.25) is 0 Å². The fourth-order valence-electron chi connectivity index (χ4n) is 3.64. The fourth-order valence-corrected chi connectivity index (χ4v) is 6.03. The van der Waals surface area contributed by atoms with Crippen LogP contribution in [0.2, 0.25) is 0 Å². The number of hydrogen-bond acceptors (Lipinski definition) is 4. The Labute approximate surface area is 162 Å². The average molecular weight is 416 g/mol. The monoisotopic (exact) mass is 415 g/mol. The lowest BCUT2D eigenvalue weighted by Gasteiger charge is -2.28. The average Bonchev–Trinajstić information content (AvgIpc) is 3.22. The molecule has 1 aliphatic carbocycles. The second-order valence-electron chi connectivity index (χ2n) is 7.22. The second-order valence-corrected chi connectivity index (χ2v) is 10.1. The molecule has 148 valence electrons. The minimum atomic E-state index is -3.74. The van der Waals surface area contributed by atoms with Gasteiger partial charge in [-0.25, -0.2) is 21.9 Å². The third-order valence-electron chi connectivity index (χ3n) is 5.03. The molecule has 0 radical (unpaired) electrons. The van der Waals surface area contributed by atoms with Crippen LogP contribution in [0, 0.1) is 11.6 Å². The van der Waals surface area contributed by atoms with E-state index in [0.29, 0.717) is 6.07 Å². The summed E-state index contributed by atoms with van der Waals surface area (Å²) >= 11 is 1.51. The summed E-state index contributed by atoms with van der Waals surface area (Å²) in [5.41, 5.74) is -0.217.